The van der Waals surface area contributed by atoms with Crippen LogP contribution in [0.2, 0.25) is 0 Å². The van der Waals surface area contributed by atoms with Gasteiger partial charge in [0.1, 0.15) is 12.7 Å². The molecule has 3 unspecified atom stereocenters. The van der Waals surface area contributed by atoms with Gasteiger partial charge in [-0.2, -0.15) is 0 Å². The van der Waals surface area contributed by atoms with Gasteiger partial charge in [-0.15, -0.1) is 0 Å². The normalized spacial score (nSPS) is 15.2. The van der Waals surface area contributed by atoms with Crippen molar-refractivity contribution in [1.82, 2.24) is 0 Å². The number of aliphatic hydroxyl groups excluding tert-OH is 2. The molecule has 0 heterocycles. The quantitative estimate of drug-likeness (QED) is 0.351. The van der Waals surface area contributed by atoms with E-state index in [0.717, 1.165) is 32.1 Å². The fourth-order valence-corrected chi connectivity index (χ4v) is 2.84. The van der Waals surface area contributed by atoms with Crippen LogP contribution in [-0.2, 0) is 9.53 Å². The van der Waals surface area contributed by atoms with E-state index in [1.807, 2.05) is 0 Å². The van der Waals surface area contributed by atoms with E-state index in [1.165, 1.54) is 32.1 Å². The summed E-state index contributed by atoms with van der Waals surface area (Å²) in [5, 5.41) is 18.2. The Morgan fingerprint density at radius 2 is 1.57 bits per heavy atom. The van der Waals surface area contributed by atoms with Gasteiger partial charge in [0, 0.05) is 0 Å². The lowest BCUT2D eigenvalue weighted by atomic mass is 9.85. The number of ether oxygens (including phenoxy) is 1. The van der Waals surface area contributed by atoms with Crippen molar-refractivity contribution in [2.75, 3.05) is 13.2 Å². The summed E-state index contributed by atoms with van der Waals surface area (Å²) in [6, 6.07) is 0. The lowest BCUT2D eigenvalue weighted by Gasteiger charge is -2.23. The summed E-state index contributed by atoms with van der Waals surface area (Å²) in [5.41, 5.74) is 0. The summed E-state index contributed by atoms with van der Waals surface area (Å²) >= 11 is 0. The molecular weight excluding hydrogens is 292 g/mol. The molecule has 138 valence electrons. The smallest absolute Gasteiger partial charge is 0.309 e. The van der Waals surface area contributed by atoms with E-state index >= 15 is 0 Å². The first kappa shape index (κ1) is 22.4. The van der Waals surface area contributed by atoms with Gasteiger partial charge in [0.15, 0.2) is 0 Å². The predicted octanol–water partition coefficient (Wildman–Crippen LogP) is 4.08. The van der Waals surface area contributed by atoms with Crippen LogP contribution in [0, 0.1) is 11.8 Å². The molecule has 0 aromatic rings. The molecule has 4 heteroatoms. The summed E-state index contributed by atoms with van der Waals surface area (Å²) in [4.78, 5) is 12.3. The van der Waals surface area contributed by atoms with Crippen LogP contribution in [0.15, 0.2) is 0 Å². The predicted molar refractivity (Wildman–Crippen MR) is 94.2 cm³/mol. The van der Waals surface area contributed by atoms with Crippen LogP contribution in [0.25, 0.3) is 0 Å². The van der Waals surface area contributed by atoms with Gasteiger partial charge < -0.3 is 14.9 Å². The minimum Gasteiger partial charge on any atom is -0.463 e. The van der Waals surface area contributed by atoms with Crippen molar-refractivity contribution in [1.29, 1.82) is 0 Å². The molecule has 0 bridgehead atoms. The Balaban J connectivity index is 4.29. The average Bonchev–Trinajstić information content (AvgIpc) is 2.56. The Labute approximate surface area is 142 Å². The first-order valence-electron chi connectivity index (χ1n) is 9.52. The molecule has 0 radical (unpaired) electrons. The molecule has 0 aliphatic rings. The van der Waals surface area contributed by atoms with Gasteiger partial charge in [-0.1, -0.05) is 72.1 Å². The second kappa shape index (κ2) is 14.9. The molecule has 0 amide bonds. The monoisotopic (exact) mass is 330 g/mol. The largest absolute Gasteiger partial charge is 0.463 e. The van der Waals surface area contributed by atoms with Crippen molar-refractivity contribution >= 4 is 5.97 Å². The third-order valence-electron chi connectivity index (χ3n) is 4.50. The van der Waals surface area contributed by atoms with Crippen LogP contribution >= 0.6 is 0 Å². The third-order valence-corrected chi connectivity index (χ3v) is 4.50. The molecule has 2 N–H and O–H groups in total. The van der Waals surface area contributed by atoms with Crippen LogP contribution in [0.1, 0.15) is 85.0 Å². The van der Waals surface area contributed by atoms with Gasteiger partial charge in [-0.05, 0) is 18.8 Å². The van der Waals surface area contributed by atoms with Crippen LogP contribution in [0.5, 0.6) is 0 Å². The van der Waals surface area contributed by atoms with Crippen molar-refractivity contribution in [3.8, 4) is 0 Å². The maximum atomic E-state index is 12.3. The zero-order valence-corrected chi connectivity index (χ0v) is 15.4. The molecule has 0 aliphatic heterocycles. The van der Waals surface area contributed by atoms with E-state index in [1.54, 1.807) is 0 Å². The maximum absolute atomic E-state index is 12.3. The summed E-state index contributed by atoms with van der Waals surface area (Å²) in [5.74, 6) is 0.0117. The molecule has 0 aliphatic carbocycles. The number of esters is 1. The summed E-state index contributed by atoms with van der Waals surface area (Å²) in [6.45, 7) is 6.01. The summed E-state index contributed by atoms with van der Waals surface area (Å²) in [7, 11) is 0. The lowest BCUT2D eigenvalue weighted by Crippen LogP contribution is -2.29. The minimum absolute atomic E-state index is 0.0846. The molecular formula is C19H38O4. The second-order valence-corrected chi connectivity index (χ2v) is 6.75. The van der Waals surface area contributed by atoms with Crippen molar-refractivity contribution in [2.45, 2.75) is 91.1 Å². The van der Waals surface area contributed by atoms with E-state index in [0.29, 0.717) is 5.92 Å². The van der Waals surface area contributed by atoms with Crippen molar-refractivity contribution < 1.29 is 19.7 Å². The lowest BCUT2D eigenvalue weighted by molar-refractivity contribution is -0.154. The number of carbonyl (C=O) groups is 1. The highest BCUT2D eigenvalue weighted by Crippen LogP contribution is 2.25. The molecule has 23 heavy (non-hydrogen) atoms. The van der Waals surface area contributed by atoms with E-state index in [4.69, 9.17) is 9.84 Å². The highest BCUT2D eigenvalue weighted by molar-refractivity contribution is 5.72. The van der Waals surface area contributed by atoms with E-state index in [9.17, 15) is 9.90 Å². The van der Waals surface area contributed by atoms with Crippen molar-refractivity contribution in [3.05, 3.63) is 0 Å². The molecule has 4 nitrogen and oxygen atoms in total. The molecule has 3 atom stereocenters. The van der Waals surface area contributed by atoms with Crippen LogP contribution < -0.4 is 0 Å². The van der Waals surface area contributed by atoms with Gasteiger partial charge in [-0.3, -0.25) is 4.79 Å². The zero-order chi connectivity index (χ0) is 17.5. The molecule has 0 fully saturated rings. The van der Waals surface area contributed by atoms with Crippen LogP contribution in [-0.4, -0.2) is 35.5 Å². The number of unbranched alkanes of at least 4 members (excludes halogenated alkanes) is 6. The standard InChI is InChI=1S/C19H38O4/c1-4-6-8-9-10-11-13-18(16(3)12-7-5-2)19(22)23-15-17(21)14-20/h16-18,20-21H,4-15H2,1-3H3. The van der Waals surface area contributed by atoms with Gasteiger partial charge in [0.2, 0.25) is 0 Å². The SMILES string of the molecule is CCCCCCCCC(C(=O)OCC(O)CO)C(C)CCCC. The Hall–Kier alpha value is -0.610. The molecule has 0 saturated heterocycles. The molecule has 0 aromatic carbocycles. The van der Waals surface area contributed by atoms with E-state index in [-0.39, 0.29) is 25.1 Å². The first-order chi connectivity index (χ1) is 11.1. The number of hydrogen-bond acceptors (Lipinski definition) is 4. The molecule has 0 spiro atoms. The Kier molecular flexibility index (Phi) is 14.6. The van der Waals surface area contributed by atoms with E-state index < -0.39 is 6.10 Å². The number of aliphatic hydroxyl groups is 2. The zero-order valence-electron chi connectivity index (χ0n) is 15.4. The van der Waals surface area contributed by atoms with Gasteiger partial charge in [0.05, 0.1) is 12.5 Å². The summed E-state index contributed by atoms with van der Waals surface area (Å²) in [6.07, 6.45) is 10.5. The fraction of sp³-hybridized carbons (Fsp3) is 0.947. The Morgan fingerprint density at radius 3 is 2.17 bits per heavy atom. The highest BCUT2D eigenvalue weighted by Gasteiger charge is 2.26. The molecule has 0 aromatic heterocycles. The molecule has 0 rings (SSSR count). The van der Waals surface area contributed by atoms with Gasteiger partial charge in [-0.25, -0.2) is 0 Å². The van der Waals surface area contributed by atoms with Gasteiger partial charge >= 0.3 is 5.97 Å². The second-order valence-electron chi connectivity index (χ2n) is 6.75. The van der Waals surface area contributed by atoms with Crippen molar-refractivity contribution in [3.63, 3.8) is 0 Å². The van der Waals surface area contributed by atoms with Crippen LogP contribution in [0.4, 0.5) is 0 Å². The summed E-state index contributed by atoms with van der Waals surface area (Å²) < 4.78 is 5.20. The first-order valence-corrected chi connectivity index (χ1v) is 9.52. The Bertz CT molecular complexity index is 281. The van der Waals surface area contributed by atoms with Crippen LogP contribution in [0.3, 0.4) is 0 Å². The molecule has 0 saturated carbocycles. The topological polar surface area (TPSA) is 66.8 Å². The number of rotatable bonds is 15. The third kappa shape index (κ3) is 11.5. The Morgan fingerprint density at radius 1 is 0.957 bits per heavy atom. The maximum Gasteiger partial charge on any atom is 0.309 e. The van der Waals surface area contributed by atoms with Crippen molar-refractivity contribution in [2.24, 2.45) is 11.8 Å². The number of carbonyl (C=O) groups excluding carboxylic acids is 1. The average molecular weight is 331 g/mol. The fourth-order valence-electron chi connectivity index (χ4n) is 2.84. The number of hydrogen-bond donors (Lipinski definition) is 2. The van der Waals surface area contributed by atoms with E-state index in [2.05, 4.69) is 20.8 Å². The highest BCUT2D eigenvalue weighted by atomic mass is 16.5. The minimum atomic E-state index is -0.973. The van der Waals surface area contributed by atoms with Gasteiger partial charge in [0.25, 0.3) is 0 Å².